The van der Waals surface area contributed by atoms with Crippen molar-refractivity contribution in [2.45, 2.75) is 44.6 Å². The van der Waals surface area contributed by atoms with Crippen molar-refractivity contribution in [2.24, 2.45) is 5.92 Å². The van der Waals surface area contributed by atoms with Gasteiger partial charge in [-0.1, -0.05) is 24.4 Å². The lowest BCUT2D eigenvalue weighted by molar-refractivity contribution is 0.190. The second-order valence-corrected chi connectivity index (χ2v) is 5.96. The first-order chi connectivity index (χ1) is 9.33. The highest BCUT2D eigenvalue weighted by atomic mass is 35.5. The van der Waals surface area contributed by atoms with E-state index in [9.17, 15) is 0 Å². The van der Waals surface area contributed by atoms with Gasteiger partial charge in [-0.15, -0.1) is 12.4 Å². The Hall–Kier alpha value is -0.650. The zero-order valence-corrected chi connectivity index (χ0v) is 13.0. The number of rotatable bonds is 3. The number of piperazine rings is 1. The molecule has 3 rings (SSSR count). The van der Waals surface area contributed by atoms with E-state index in [0.29, 0.717) is 0 Å². The van der Waals surface area contributed by atoms with Crippen LogP contribution in [0.25, 0.3) is 0 Å². The molecule has 1 aliphatic heterocycles. The van der Waals surface area contributed by atoms with Gasteiger partial charge in [0, 0.05) is 26.1 Å². The van der Waals surface area contributed by atoms with Crippen LogP contribution in [-0.4, -0.2) is 41.7 Å². The van der Waals surface area contributed by atoms with E-state index in [-0.39, 0.29) is 18.4 Å². The van der Waals surface area contributed by atoms with Gasteiger partial charge in [-0.2, -0.15) is 4.98 Å². The van der Waals surface area contributed by atoms with E-state index in [1.54, 1.807) is 0 Å². The van der Waals surface area contributed by atoms with E-state index >= 15 is 0 Å². The average molecular weight is 301 g/mol. The van der Waals surface area contributed by atoms with Crippen LogP contribution in [-0.2, 0) is 6.42 Å². The molecule has 0 spiro atoms. The van der Waals surface area contributed by atoms with E-state index in [2.05, 4.69) is 27.4 Å². The molecule has 1 saturated heterocycles. The van der Waals surface area contributed by atoms with Crippen molar-refractivity contribution in [3.8, 4) is 0 Å². The van der Waals surface area contributed by atoms with Crippen LogP contribution in [0.4, 0.5) is 0 Å². The van der Waals surface area contributed by atoms with Crippen LogP contribution in [0.1, 0.15) is 49.9 Å². The monoisotopic (exact) mass is 300 g/mol. The molecule has 1 aliphatic carbocycles. The average Bonchev–Trinajstić information content (AvgIpc) is 2.89. The van der Waals surface area contributed by atoms with Gasteiger partial charge >= 0.3 is 0 Å². The normalized spacial score (nSPS) is 25.4. The minimum atomic E-state index is 0. The van der Waals surface area contributed by atoms with Gasteiger partial charge in [0.15, 0.2) is 5.82 Å². The Morgan fingerprint density at radius 3 is 2.85 bits per heavy atom. The fraction of sp³-hybridized carbons (Fsp3) is 0.857. The molecule has 1 N–H and O–H groups in total. The van der Waals surface area contributed by atoms with Crippen molar-refractivity contribution >= 4 is 12.4 Å². The van der Waals surface area contributed by atoms with Crippen molar-refractivity contribution < 1.29 is 4.52 Å². The number of hydrogen-bond acceptors (Lipinski definition) is 5. The number of likely N-dealkylation sites (N-methyl/N-ethyl adjacent to an activating group) is 1. The zero-order chi connectivity index (χ0) is 13.1. The van der Waals surface area contributed by atoms with E-state index in [1.165, 1.54) is 32.1 Å². The van der Waals surface area contributed by atoms with Crippen LogP contribution < -0.4 is 5.32 Å². The summed E-state index contributed by atoms with van der Waals surface area (Å²) in [6, 6.07) is 0.262. The topological polar surface area (TPSA) is 54.2 Å². The number of hydrogen-bond donors (Lipinski definition) is 1. The molecule has 1 atom stereocenters. The standard InChI is InChI=1S/C14H24N4O.ClH/c1-18-8-7-15-10-12(18)14-16-13(19-17-14)9-11-5-3-2-4-6-11;/h11-12,15H,2-10H2,1H3;1H. The molecule has 2 heterocycles. The predicted octanol–water partition coefficient (Wildman–Crippen LogP) is 2.19. The highest BCUT2D eigenvalue weighted by molar-refractivity contribution is 5.85. The van der Waals surface area contributed by atoms with Crippen LogP contribution in [0, 0.1) is 5.92 Å². The minimum absolute atomic E-state index is 0. The highest BCUT2D eigenvalue weighted by Crippen LogP contribution is 2.27. The summed E-state index contributed by atoms with van der Waals surface area (Å²) in [6.45, 7) is 3.00. The molecule has 5 nitrogen and oxygen atoms in total. The quantitative estimate of drug-likeness (QED) is 0.927. The third kappa shape index (κ3) is 3.71. The molecular formula is C14H25ClN4O. The van der Waals surface area contributed by atoms with Crippen LogP contribution in [0.2, 0.25) is 0 Å². The number of halogens is 1. The molecule has 6 heteroatoms. The van der Waals surface area contributed by atoms with E-state index in [0.717, 1.165) is 43.7 Å². The van der Waals surface area contributed by atoms with Gasteiger partial charge in [-0.25, -0.2) is 0 Å². The van der Waals surface area contributed by atoms with E-state index in [4.69, 9.17) is 4.52 Å². The zero-order valence-electron chi connectivity index (χ0n) is 12.2. The van der Waals surface area contributed by atoms with Crippen LogP contribution in [0.5, 0.6) is 0 Å². The molecule has 0 bridgehead atoms. The molecule has 0 amide bonds. The Bertz CT molecular complexity index is 406. The van der Waals surface area contributed by atoms with Gasteiger partial charge in [-0.05, 0) is 25.8 Å². The maximum Gasteiger partial charge on any atom is 0.226 e. The SMILES string of the molecule is CN1CCNCC1c1noc(CC2CCCCC2)n1.Cl. The minimum Gasteiger partial charge on any atom is -0.339 e. The highest BCUT2D eigenvalue weighted by Gasteiger charge is 2.26. The lowest BCUT2D eigenvalue weighted by Gasteiger charge is -2.30. The number of aromatic nitrogens is 2. The Morgan fingerprint density at radius 1 is 1.30 bits per heavy atom. The molecule has 1 unspecified atom stereocenters. The molecule has 20 heavy (non-hydrogen) atoms. The second-order valence-electron chi connectivity index (χ2n) is 5.96. The van der Waals surface area contributed by atoms with Crippen LogP contribution >= 0.6 is 12.4 Å². The van der Waals surface area contributed by atoms with Gasteiger partial charge in [0.2, 0.25) is 5.89 Å². The van der Waals surface area contributed by atoms with Gasteiger partial charge in [0.05, 0.1) is 6.04 Å². The second kappa shape index (κ2) is 7.38. The van der Waals surface area contributed by atoms with Gasteiger partial charge in [0.1, 0.15) is 0 Å². The molecule has 1 aromatic heterocycles. The maximum atomic E-state index is 5.45. The lowest BCUT2D eigenvalue weighted by atomic mass is 9.87. The summed E-state index contributed by atoms with van der Waals surface area (Å²) in [6.07, 6.45) is 7.73. The molecule has 0 aromatic carbocycles. The Balaban J connectivity index is 0.00000147. The van der Waals surface area contributed by atoms with Gasteiger partial charge in [-0.3, -0.25) is 4.90 Å². The molecule has 1 saturated carbocycles. The molecular weight excluding hydrogens is 276 g/mol. The molecule has 114 valence electrons. The van der Waals surface area contributed by atoms with Crippen molar-refractivity contribution in [1.29, 1.82) is 0 Å². The fourth-order valence-electron chi connectivity index (χ4n) is 3.22. The summed E-state index contributed by atoms with van der Waals surface area (Å²) in [5.74, 6) is 2.44. The summed E-state index contributed by atoms with van der Waals surface area (Å²) < 4.78 is 5.45. The predicted molar refractivity (Wildman–Crippen MR) is 80.1 cm³/mol. The summed E-state index contributed by atoms with van der Waals surface area (Å²) in [5, 5.41) is 7.58. The first kappa shape index (κ1) is 15.7. The van der Waals surface area contributed by atoms with Crippen molar-refractivity contribution in [3.63, 3.8) is 0 Å². The summed E-state index contributed by atoms with van der Waals surface area (Å²) in [5.41, 5.74) is 0. The summed E-state index contributed by atoms with van der Waals surface area (Å²) in [4.78, 5) is 6.92. The summed E-state index contributed by atoms with van der Waals surface area (Å²) in [7, 11) is 2.13. The third-order valence-corrected chi connectivity index (χ3v) is 4.48. The summed E-state index contributed by atoms with van der Waals surface area (Å²) >= 11 is 0. The maximum absolute atomic E-state index is 5.45. The molecule has 2 aliphatic rings. The fourth-order valence-corrected chi connectivity index (χ4v) is 3.22. The number of nitrogens with zero attached hydrogens (tertiary/aromatic N) is 3. The first-order valence-corrected chi connectivity index (χ1v) is 7.56. The van der Waals surface area contributed by atoms with Crippen molar-refractivity contribution in [1.82, 2.24) is 20.4 Å². The van der Waals surface area contributed by atoms with Crippen molar-refractivity contribution in [2.75, 3.05) is 26.7 Å². The van der Waals surface area contributed by atoms with Crippen LogP contribution in [0.15, 0.2) is 4.52 Å². The van der Waals surface area contributed by atoms with Gasteiger partial charge in [0.25, 0.3) is 0 Å². The first-order valence-electron chi connectivity index (χ1n) is 7.56. The Morgan fingerprint density at radius 2 is 2.10 bits per heavy atom. The number of nitrogens with one attached hydrogen (secondary N) is 1. The third-order valence-electron chi connectivity index (χ3n) is 4.48. The molecule has 1 aromatic rings. The smallest absolute Gasteiger partial charge is 0.226 e. The molecule has 2 fully saturated rings. The lowest BCUT2D eigenvalue weighted by Crippen LogP contribution is -2.44. The molecule has 0 radical (unpaired) electrons. The van der Waals surface area contributed by atoms with E-state index < -0.39 is 0 Å². The Labute approximate surface area is 126 Å². The van der Waals surface area contributed by atoms with E-state index in [1.807, 2.05) is 0 Å². The Kier molecular flexibility index (Phi) is 5.81. The van der Waals surface area contributed by atoms with Crippen molar-refractivity contribution in [3.05, 3.63) is 11.7 Å². The van der Waals surface area contributed by atoms with Gasteiger partial charge < -0.3 is 9.84 Å². The van der Waals surface area contributed by atoms with Crippen LogP contribution in [0.3, 0.4) is 0 Å². The largest absolute Gasteiger partial charge is 0.339 e.